The van der Waals surface area contributed by atoms with E-state index in [-0.39, 0.29) is 5.91 Å². The molecule has 2 N–H and O–H groups in total. The van der Waals surface area contributed by atoms with Crippen LogP contribution >= 0.6 is 0 Å². The molecule has 0 unspecified atom stereocenters. The molecule has 0 aromatic heterocycles. The van der Waals surface area contributed by atoms with E-state index in [2.05, 4.69) is 0 Å². The normalized spacial score (nSPS) is 19.8. The number of amides is 2. The Hall–Kier alpha value is -1.67. The van der Waals surface area contributed by atoms with Crippen LogP contribution in [0.4, 0.5) is 0 Å². The van der Waals surface area contributed by atoms with Gasteiger partial charge in [-0.2, -0.15) is 0 Å². The van der Waals surface area contributed by atoms with Gasteiger partial charge >= 0.3 is 5.97 Å². The quantitative estimate of drug-likeness (QED) is 0.381. The van der Waals surface area contributed by atoms with Crippen molar-refractivity contribution >= 4 is 17.8 Å². The van der Waals surface area contributed by atoms with E-state index in [1.54, 1.807) is 26.3 Å². The molecule has 1 fully saturated rings. The molecule has 0 aromatic rings. The first-order valence-corrected chi connectivity index (χ1v) is 9.16. The molecule has 1 aliphatic heterocycles. The van der Waals surface area contributed by atoms with E-state index in [0.29, 0.717) is 25.8 Å². The summed E-state index contributed by atoms with van der Waals surface area (Å²) < 4.78 is 10.6. The molecule has 0 bridgehead atoms. The van der Waals surface area contributed by atoms with Crippen molar-refractivity contribution in [3.63, 3.8) is 0 Å². The predicted molar refractivity (Wildman–Crippen MR) is 94.3 cm³/mol. The number of hydrogen-bond donors (Lipinski definition) is 2. The Balaban J connectivity index is 3.00. The second kappa shape index (κ2) is 9.87. The lowest BCUT2D eigenvalue weighted by molar-refractivity contribution is -0.166. The molecule has 2 amide bonds. The van der Waals surface area contributed by atoms with Crippen LogP contribution < -0.4 is 5.48 Å². The molecule has 1 saturated heterocycles. The Bertz CT molecular complexity index is 502. The molecule has 150 valence electrons. The van der Waals surface area contributed by atoms with E-state index in [1.807, 2.05) is 6.92 Å². The largest absolute Gasteiger partial charge is 0.458 e. The molecule has 1 heterocycles. The predicted octanol–water partition coefficient (Wildman–Crippen LogP) is 1.65. The highest BCUT2D eigenvalue weighted by Crippen LogP contribution is 2.27. The maximum atomic E-state index is 13.1. The summed E-state index contributed by atoms with van der Waals surface area (Å²) in [7, 11) is 1.32. The van der Waals surface area contributed by atoms with Gasteiger partial charge in [0.1, 0.15) is 17.7 Å². The van der Waals surface area contributed by atoms with Crippen LogP contribution in [0.2, 0.25) is 0 Å². The molecule has 0 spiro atoms. The van der Waals surface area contributed by atoms with E-state index in [1.165, 1.54) is 12.0 Å². The van der Waals surface area contributed by atoms with Crippen molar-refractivity contribution in [3.05, 3.63) is 0 Å². The molecule has 1 rings (SSSR count). The van der Waals surface area contributed by atoms with Crippen molar-refractivity contribution in [2.75, 3.05) is 13.7 Å². The van der Waals surface area contributed by atoms with E-state index in [0.717, 1.165) is 12.8 Å². The minimum Gasteiger partial charge on any atom is -0.458 e. The number of rotatable bonds is 8. The standard InChI is InChI=1S/C18H32N2O6/c1-6-7-9-12(14(25-5)15(21)19-24)16(22)20-11-8-10-13(20)17(23)26-18(2,3)4/h12-14,24H,6-11H2,1-5H3,(H,19,21)/t12-,13+,14-/m1/s1. The monoisotopic (exact) mass is 372 g/mol. The number of carbonyl (C=O) groups is 3. The molecule has 0 aromatic carbocycles. The van der Waals surface area contributed by atoms with Gasteiger partial charge < -0.3 is 14.4 Å². The Kier molecular flexibility index (Phi) is 8.49. The van der Waals surface area contributed by atoms with Gasteiger partial charge in [-0.1, -0.05) is 19.8 Å². The highest BCUT2D eigenvalue weighted by molar-refractivity contribution is 5.91. The lowest BCUT2D eigenvalue weighted by Crippen LogP contribution is -2.51. The number of nitrogens with one attached hydrogen (secondary N) is 1. The number of esters is 1. The van der Waals surface area contributed by atoms with Gasteiger partial charge in [0.15, 0.2) is 0 Å². The van der Waals surface area contributed by atoms with Crippen LogP contribution in [0.3, 0.4) is 0 Å². The van der Waals surface area contributed by atoms with Gasteiger partial charge in [-0.05, 0) is 40.0 Å². The lowest BCUT2D eigenvalue weighted by atomic mass is 9.93. The molecule has 26 heavy (non-hydrogen) atoms. The number of hydroxylamine groups is 1. The van der Waals surface area contributed by atoms with Gasteiger partial charge in [0.05, 0.1) is 5.92 Å². The van der Waals surface area contributed by atoms with Gasteiger partial charge in [-0.25, -0.2) is 10.3 Å². The van der Waals surface area contributed by atoms with Crippen molar-refractivity contribution < 1.29 is 29.1 Å². The average molecular weight is 372 g/mol. The van der Waals surface area contributed by atoms with Crippen LogP contribution in [0, 0.1) is 5.92 Å². The highest BCUT2D eigenvalue weighted by atomic mass is 16.6. The smallest absolute Gasteiger partial charge is 0.329 e. The van der Waals surface area contributed by atoms with E-state index < -0.39 is 35.5 Å². The van der Waals surface area contributed by atoms with Gasteiger partial charge in [-0.15, -0.1) is 0 Å². The maximum absolute atomic E-state index is 13.1. The van der Waals surface area contributed by atoms with E-state index in [4.69, 9.17) is 14.7 Å². The molecular weight excluding hydrogens is 340 g/mol. The zero-order valence-corrected chi connectivity index (χ0v) is 16.4. The summed E-state index contributed by atoms with van der Waals surface area (Å²) in [5.74, 6) is -2.29. The van der Waals surface area contributed by atoms with Crippen LogP contribution in [0.15, 0.2) is 0 Å². The maximum Gasteiger partial charge on any atom is 0.329 e. The fourth-order valence-electron chi connectivity index (χ4n) is 3.20. The van der Waals surface area contributed by atoms with Gasteiger partial charge in [0.25, 0.3) is 5.91 Å². The first kappa shape index (κ1) is 22.4. The van der Waals surface area contributed by atoms with Gasteiger partial charge in [0.2, 0.25) is 5.91 Å². The number of hydrogen-bond acceptors (Lipinski definition) is 6. The SMILES string of the molecule is CCCC[C@@H](C(=O)N1CCC[C@H]1C(=O)OC(C)(C)C)[C@@H](OC)C(=O)NO. The Morgan fingerprint density at radius 3 is 2.46 bits per heavy atom. The number of methoxy groups -OCH3 is 1. The second-order valence-electron chi connectivity index (χ2n) is 7.60. The Labute approximate surface area is 155 Å². The zero-order valence-electron chi connectivity index (χ0n) is 16.4. The van der Waals surface area contributed by atoms with Crippen molar-refractivity contribution in [2.24, 2.45) is 5.92 Å². The summed E-state index contributed by atoms with van der Waals surface area (Å²) in [6.45, 7) is 7.76. The van der Waals surface area contributed by atoms with Crippen LogP contribution in [-0.2, 0) is 23.9 Å². The number of carbonyl (C=O) groups excluding carboxylic acids is 3. The third kappa shape index (κ3) is 5.95. The van der Waals surface area contributed by atoms with Crippen molar-refractivity contribution in [1.82, 2.24) is 10.4 Å². The van der Waals surface area contributed by atoms with Crippen molar-refractivity contribution in [1.29, 1.82) is 0 Å². The minimum absolute atomic E-state index is 0.317. The third-order valence-corrected chi connectivity index (χ3v) is 4.39. The average Bonchev–Trinajstić information content (AvgIpc) is 3.05. The fourth-order valence-corrected chi connectivity index (χ4v) is 3.20. The number of unbranched alkanes of at least 4 members (excludes halogenated alkanes) is 1. The lowest BCUT2D eigenvalue weighted by Gasteiger charge is -2.32. The molecule has 8 nitrogen and oxygen atoms in total. The van der Waals surface area contributed by atoms with E-state index >= 15 is 0 Å². The first-order chi connectivity index (χ1) is 12.2. The van der Waals surface area contributed by atoms with Crippen LogP contribution in [-0.4, -0.2) is 59.3 Å². The minimum atomic E-state index is -1.11. The number of nitrogens with zero attached hydrogens (tertiary/aromatic N) is 1. The molecule has 0 aliphatic carbocycles. The Morgan fingerprint density at radius 1 is 1.31 bits per heavy atom. The van der Waals surface area contributed by atoms with Gasteiger partial charge in [-0.3, -0.25) is 14.8 Å². The van der Waals surface area contributed by atoms with Crippen LogP contribution in [0.25, 0.3) is 0 Å². The molecule has 0 saturated carbocycles. The van der Waals surface area contributed by atoms with Crippen LogP contribution in [0.1, 0.15) is 59.8 Å². The van der Waals surface area contributed by atoms with E-state index in [9.17, 15) is 14.4 Å². The summed E-state index contributed by atoms with van der Waals surface area (Å²) in [5.41, 5.74) is 0.920. The molecule has 8 heteroatoms. The number of ether oxygens (including phenoxy) is 2. The van der Waals surface area contributed by atoms with Gasteiger partial charge in [0, 0.05) is 13.7 Å². The molecule has 1 aliphatic rings. The zero-order chi connectivity index (χ0) is 19.9. The molecule has 0 radical (unpaired) electrons. The van der Waals surface area contributed by atoms with Crippen LogP contribution in [0.5, 0.6) is 0 Å². The van der Waals surface area contributed by atoms with Crippen molar-refractivity contribution in [3.8, 4) is 0 Å². The van der Waals surface area contributed by atoms with Crippen molar-refractivity contribution in [2.45, 2.75) is 77.5 Å². The Morgan fingerprint density at radius 2 is 1.96 bits per heavy atom. The summed E-state index contributed by atoms with van der Waals surface area (Å²) in [6.07, 6.45) is 2.11. The third-order valence-electron chi connectivity index (χ3n) is 4.39. The summed E-state index contributed by atoms with van der Waals surface area (Å²) in [4.78, 5) is 39.0. The highest BCUT2D eigenvalue weighted by Gasteiger charge is 2.42. The molecular formula is C18H32N2O6. The first-order valence-electron chi connectivity index (χ1n) is 9.16. The fraction of sp³-hybridized carbons (Fsp3) is 0.833. The summed E-state index contributed by atoms with van der Waals surface area (Å²) >= 11 is 0. The second-order valence-corrected chi connectivity index (χ2v) is 7.60. The topological polar surface area (TPSA) is 105 Å². The summed E-state index contributed by atoms with van der Waals surface area (Å²) in [5, 5.41) is 8.95. The summed E-state index contributed by atoms with van der Waals surface area (Å²) in [6, 6.07) is -0.652. The molecule has 3 atom stereocenters. The number of likely N-dealkylation sites (tertiary alicyclic amines) is 1.